The molecule has 0 radical (unpaired) electrons. The van der Waals surface area contributed by atoms with Crippen molar-refractivity contribution < 1.29 is 17.9 Å². The summed E-state index contributed by atoms with van der Waals surface area (Å²) in [6.45, 7) is 0. The third-order valence-corrected chi connectivity index (χ3v) is 6.68. The minimum Gasteiger partial charge on any atom is -0.495 e. The number of ether oxygens (including phenoxy) is 1. The SMILES string of the molecule is COc1cc(-c2ccccc2)sc1C(=O)N[C@@H]1CCS(=O)(=O)C1. The highest BCUT2D eigenvalue weighted by atomic mass is 32.2. The highest BCUT2D eigenvalue weighted by Crippen LogP contribution is 2.36. The summed E-state index contributed by atoms with van der Waals surface area (Å²) in [6, 6.07) is 11.3. The van der Waals surface area contributed by atoms with Crippen LogP contribution in [0.3, 0.4) is 0 Å². The Morgan fingerprint density at radius 2 is 2.04 bits per heavy atom. The maximum absolute atomic E-state index is 12.5. The maximum Gasteiger partial charge on any atom is 0.265 e. The minimum absolute atomic E-state index is 0.0119. The number of rotatable bonds is 4. The highest BCUT2D eigenvalue weighted by Gasteiger charge is 2.30. The summed E-state index contributed by atoms with van der Waals surface area (Å²) in [5.74, 6) is 0.371. The summed E-state index contributed by atoms with van der Waals surface area (Å²) in [5.41, 5.74) is 1.01. The highest BCUT2D eigenvalue weighted by molar-refractivity contribution is 7.91. The van der Waals surface area contributed by atoms with Crippen LogP contribution in [0.25, 0.3) is 10.4 Å². The monoisotopic (exact) mass is 351 g/mol. The van der Waals surface area contributed by atoms with E-state index in [1.165, 1.54) is 18.4 Å². The van der Waals surface area contributed by atoms with E-state index in [1.54, 1.807) is 0 Å². The summed E-state index contributed by atoms with van der Waals surface area (Å²) in [6.07, 6.45) is 0.466. The van der Waals surface area contributed by atoms with Gasteiger partial charge in [0.1, 0.15) is 10.6 Å². The van der Waals surface area contributed by atoms with Crippen molar-refractivity contribution in [1.29, 1.82) is 0 Å². The van der Waals surface area contributed by atoms with Crippen molar-refractivity contribution in [3.63, 3.8) is 0 Å². The van der Waals surface area contributed by atoms with Gasteiger partial charge in [-0.15, -0.1) is 11.3 Å². The number of amides is 1. The van der Waals surface area contributed by atoms with Gasteiger partial charge in [-0.25, -0.2) is 8.42 Å². The van der Waals surface area contributed by atoms with E-state index in [0.29, 0.717) is 17.0 Å². The molecule has 1 fully saturated rings. The number of thiophene rings is 1. The van der Waals surface area contributed by atoms with Gasteiger partial charge in [-0.1, -0.05) is 30.3 Å². The molecule has 0 spiro atoms. The van der Waals surface area contributed by atoms with Crippen LogP contribution in [-0.4, -0.2) is 39.0 Å². The molecule has 2 heterocycles. The van der Waals surface area contributed by atoms with E-state index in [2.05, 4.69) is 5.32 Å². The molecule has 2 aromatic rings. The minimum atomic E-state index is -3.02. The lowest BCUT2D eigenvalue weighted by atomic mass is 10.2. The first-order chi connectivity index (χ1) is 11.0. The van der Waals surface area contributed by atoms with Crippen LogP contribution in [0.15, 0.2) is 36.4 Å². The molecule has 0 bridgehead atoms. The molecule has 5 nitrogen and oxygen atoms in total. The fourth-order valence-corrected chi connectivity index (χ4v) is 5.30. The van der Waals surface area contributed by atoms with E-state index in [-0.39, 0.29) is 23.5 Å². The lowest BCUT2D eigenvalue weighted by Gasteiger charge is -2.10. The molecule has 0 aliphatic carbocycles. The molecule has 1 aliphatic rings. The van der Waals surface area contributed by atoms with Crippen molar-refractivity contribution >= 4 is 27.1 Å². The van der Waals surface area contributed by atoms with Crippen LogP contribution in [0.5, 0.6) is 5.75 Å². The van der Waals surface area contributed by atoms with Gasteiger partial charge in [0.05, 0.1) is 18.6 Å². The Morgan fingerprint density at radius 1 is 1.30 bits per heavy atom. The number of hydrogen-bond donors (Lipinski definition) is 1. The van der Waals surface area contributed by atoms with Gasteiger partial charge in [-0.3, -0.25) is 4.79 Å². The first kappa shape index (κ1) is 16.0. The smallest absolute Gasteiger partial charge is 0.265 e. The number of carbonyl (C=O) groups is 1. The molecule has 0 unspecified atom stereocenters. The zero-order valence-corrected chi connectivity index (χ0v) is 14.2. The molecule has 7 heteroatoms. The fourth-order valence-electron chi connectivity index (χ4n) is 2.59. The second kappa shape index (κ2) is 6.33. The van der Waals surface area contributed by atoms with Crippen LogP contribution < -0.4 is 10.1 Å². The van der Waals surface area contributed by atoms with Gasteiger partial charge in [-0.2, -0.15) is 0 Å². The maximum atomic E-state index is 12.5. The number of carbonyl (C=O) groups excluding carboxylic acids is 1. The van der Waals surface area contributed by atoms with Gasteiger partial charge < -0.3 is 10.1 Å². The van der Waals surface area contributed by atoms with Crippen LogP contribution in [0, 0.1) is 0 Å². The molecule has 122 valence electrons. The topological polar surface area (TPSA) is 72.5 Å². The van der Waals surface area contributed by atoms with Gasteiger partial charge >= 0.3 is 0 Å². The van der Waals surface area contributed by atoms with Crippen molar-refractivity contribution in [2.45, 2.75) is 12.5 Å². The molecule has 1 atom stereocenters. The predicted molar refractivity (Wildman–Crippen MR) is 90.8 cm³/mol. The number of benzene rings is 1. The predicted octanol–water partition coefficient (Wildman–Crippen LogP) is 2.34. The Bertz CT molecular complexity index is 812. The second-order valence-corrected chi connectivity index (χ2v) is 8.73. The number of hydrogen-bond acceptors (Lipinski definition) is 5. The molecule has 1 amide bonds. The average Bonchev–Trinajstić information content (AvgIpc) is 3.11. The Kier molecular flexibility index (Phi) is 4.41. The van der Waals surface area contributed by atoms with Crippen LogP contribution in [0.4, 0.5) is 0 Å². The van der Waals surface area contributed by atoms with Gasteiger partial charge in [-0.05, 0) is 18.1 Å². The van der Waals surface area contributed by atoms with Crippen LogP contribution in [0.2, 0.25) is 0 Å². The van der Waals surface area contributed by atoms with Gasteiger partial charge in [0.2, 0.25) is 0 Å². The van der Waals surface area contributed by atoms with E-state index in [4.69, 9.17) is 4.74 Å². The molecule has 1 aliphatic heterocycles. The molecule has 23 heavy (non-hydrogen) atoms. The lowest BCUT2D eigenvalue weighted by Crippen LogP contribution is -2.35. The molecular formula is C16H17NO4S2. The fraction of sp³-hybridized carbons (Fsp3) is 0.312. The first-order valence-corrected chi connectivity index (χ1v) is 9.87. The Labute approximate surface area is 139 Å². The standard InChI is InChI=1S/C16H17NO4S2/c1-21-13-9-14(11-5-3-2-4-6-11)22-15(13)16(18)17-12-7-8-23(19,20)10-12/h2-6,9,12H,7-8,10H2,1H3,(H,17,18)/t12-/m1/s1. The van der Waals surface area contributed by atoms with E-state index < -0.39 is 9.84 Å². The molecule has 1 N–H and O–H groups in total. The first-order valence-electron chi connectivity index (χ1n) is 7.23. The Hall–Kier alpha value is -1.86. The van der Waals surface area contributed by atoms with E-state index in [0.717, 1.165) is 10.4 Å². The van der Waals surface area contributed by atoms with Gasteiger partial charge in [0.25, 0.3) is 5.91 Å². The molecule has 1 saturated heterocycles. The number of sulfone groups is 1. The normalized spacial score (nSPS) is 19.4. The molecular weight excluding hydrogens is 334 g/mol. The third-order valence-electron chi connectivity index (χ3n) is 3.75. The Balaban J connectivity index is 1.82. The van der Waals surface area contributed by atoms with E-state index >= 15 is 0 Å². The third kappa shape index (κ3) is 3.56. The van der Waals surface area contributed by atoms with Crippen LogP contribution >= 0.6 is 11.3 Å². The van der Waals surface area contributed by atoms with Crippen molar-refractivity contribution in [1.82, 2.24) is 5.32 Å². The van der Waals surface area contributed by atoms with E-state index in [1.807, 2.05) is 36.4 Å². The quantitative estimate of drug-likeness (QED) is 0.918. The van der Waals surface area contributed by atoms with Gasteiger partial charge in [0, 0.05) is 10.9 Å². The second-order valence-electron chi connectivity index (χ2n) is 5.45. The van der Waals surface area contributed by atoms with Crippen molar-refractivity contribution in [2.24, 2.45) is 0 Å². The Morgan fingerprint density at radius 3 is 2.65 bits per heavy atom. The summed E-state index contributed by atoms with van der Waals surface area (Å²) >= 11 is 1.34. The van der Waals surface area contributed by atoms with Crippen LogP contribution in [0.1, 0.15) is 16.1 Å². The number of methoxy groups -OCH3 is 1. The van der Waals surface area contributed by atoms with Crippen LogP contribution in [-0.2, 0) is 9.84 Å². The molecule has 1 aromatic heterocycles. The average molecular weight is 351 g/mol. The molecule has 1 aromatic carbocycles. The summed E-state index contributed by atoms with van der Waals surface area (Å²) in [7, 11) is -1.50. The van der Waals surface area contributed by atoms with E-state index in [9.17, 15) is 13.2 Å². The van der Waals surface area contributed by atoms with Crippen molar-refractivity contribution in [2.75, 3.05) is 18.6 Å². The zero-order valence-electron chi connectivity index (χ0n) is 12.6. The van der Waals surface area contributed by atoms with Crippen molar-refractivity contribution in [3.05, 3.63) is 41.3 Å². The molecule has 0 saturated carbocycles. The lowest BCUT2D eigenvalue weighted by molar-refractivity contribution is 0.0942. The van der Waals surface area contributed by atoms with Gasteiger partial charge in [0.15, 0.2) is 9.84 Å². The largest absolute Gasteiger partial charge is 0.495 e. The van der Waals surface area contributed by atoms with Crippen molar-refractivity contribution in [3.8, 4) is 16.2 Å². The molecule has 3 rings (SSSR count). The number of nitrogens with one attached hydrogen (secondary N) is 1. The summed E-state index contributed by atoms with van der Waals surface area (Å²) < 4.78 is 28.3. The summed E-state index contributed by atoms with van der Waals surface area (Å²) in [5, 5.41) is 2.80. The summed E-state index contributed by atoms with van der Waals surface area (Å²) in [4.78, 5) is 13.9. The zero-order chi connectivity index (χ0) is 16.4.